The molecule has 11 nitrogen and oxygen atoms in total. The number of nitrogens with zero attached hydrogens (tertiary/aromatic N) is 6. The van der Waals surface area contributed by atoms with Crippen LogP contribution in [0.5, 0.6) is 0 Å². The Morgan fingerprint density at radius 1 is 1.08 bits per heavy atom. The molecule has 3 aromatic heterocycles. The monoisotopic (exact) mass is 519 g/mol. The molecule has 0 radical (unpaired) electrons. The molecule has 13 heteroatoms. The molecule has 0 bridgehead atoms. The van der Waals surface area contributed by atoms with E-state index < -0.39 is 23.1 Å². The Labute approximate surface area is 215 Å². The van der Waals surface area contributed by atoms with Gasteiger partial charge < -0.3 is 25.4 Å². The third-order valence-corrected chi connectivity index (χ3v) is 6.04. The molecule has 1 aliphatic heterocycles. The first-order valence-corrected chi connectivity index (χ1v) is 11.7. The van der Waals surface area contributed by atoms with Crippen LogP contribution in [-0.2, 0) is 4.79 Å². The fourth-order valence-electron chi connectivity index (χ4n) is 3.97. The van der Waals surface area contributed by atoms with Crippen LogP contribution in [-0.4, -0.2) is 69.0 Å². The highest BCUT2D eigenvalue weighted by Crippen LogP contribution is 2.29. The number of H-pyrrole nitrogens is 1. The molecule has 194 valence electrons. The van der Waals surface area contributed by atoms with Gasteiger partial charge in [0.15, 0.2) is 23.1 Å². The number of amides is 1. The number of halogens is 2. The van der Waals surface area contributed by atoms with E-state index >= 15 is 0 Å². The maximum absolute atomic E-state index is 15.0. The summed E-state index contributed by atoms with van der Waals surface area (Å²) in [5.74, 6) is -2.22. The average Bonchev–Trinajstić information content (AvgIpc) is 2.92. The lowest BCUT2D eigenvalue weighted by Crippen LogP contribution is -2.44. The second kappa shape index (κ2) is 10.3. The molecule has 38 heavy (non-hydrogen) atoms. The molecule has 0 spiro atoms. The first-order valence-electron chi connectivity index (χ1n) is 11.7. The van der Waals surface area contributed by atoms with E-state index in [0.29, 0.717) is 13.1 Å². The lowest BCUT2D eigenvalue weighted by molar-refractivity contribution is -0.111. The molecule has 1 aliphatic rings. The molecule has 1 saturated heterocycles. The zero-order valence-corrected chi connectivity index (χ0v) is 20.3. The standard InChI is InChI=1S/C25H23F2N9O2/c1-3-19(37)31-18-6-4-5-16(29-18)23-32-22-14(24(38)33-23)13-28-25(34-22)30-15-7-8-17(21(27)20(15)26)36-11-9-35(2)10-12-36/h3-8,13H,1,9-12H2,2H3,(H,29,31,37)(H2,28,30,32,33,34,38). The van der Waals surface area contributed by atoms with Crippen LogP contribution in [0.2, 0.25) is 0 Å². The first kappa shape index (κ1) is 24.9. The molecule has 1 aromatic carbocycles. The fourth-order valence-corrected chi connectivity index (χ4v) is 3.97. The van der Waals surface area contributed by atoms with Gasteiger partial charge in [-0.05, 0) is 37.4 Å². The predicted molar refractivity (Wildman–Crippen MR) is 139 cm³/mol. The molecule has 0 atom stereocenters. The van der Waals surface area contributed by atoms with Gasteiger partial charge >= 0.3 is 0 Å². The van der Waals surface area contributed by atoms with Crippen LogP contribution in [0.3, 0.4) is 0 Å². The summed E-state index contributed by atoms with van der Waals surface area (Å²) >= 11 is 0. The van der Waals surface area contributed by atoms with Gasteiger partial charge in [-0.25, -0.2) is 23.7 Å². The van der Waals surface area contributed by atoms with Gasteiger partial charge in [-0.15, -0.1) is 0 Å². The van der Waals surface area contributed by atoms with Crippen LogP contribution in [0.4, 0.5) is 31.9 Å². The van der Waals surface area contributed by atoms with Crippen molar-refractivity contribution in [3.05, 3.63) is 71.2 Å². The lowest BCUT2D eigenvalue weighted by Gasteiger charge is -2.34. The summed E-state index contributed by atoms with van der Waals surface area (Å²) in [6.07, 6.45) is 2.34. The number of pyridine rings is 1. The summed E-state index contributed by atoms with van der Waals surface area (Å²) in [4.78, 5) is 47.6. The van der Waals surface area contributed by atoms with Crippen LogP contribution >= 0.6 is 0 Å². The molecule has 4 aromatic rings. The number of carbonyl (C=O) groups excluding carboxylic acids is 1. The van der Waals surface area contributed by atoms with Gasteiger partial charge in [0.25, 0.3) is 5.56 Å². The number of benzene rings is 1. The van der Waals surface area contributed by atoms with Gasteiger partial charge in [0.1, 0.15) is 16.9 Å². The van der Waals surface area contributed by atoms with Crippen LogP contribution < -0.4 is 21.1 Å². The number of anilines is 4. The molecule has 3 N–H and O–H groups in total. The Kier molecular flexibility index (Phi) is 6.75. The Bertz CT molecular complexity index is 1600. The highest BCUT2D eigenvalue weighted by atomic mass is 19.2. The highest BCUT2D eigenvalue weighted by Gasteiger charge is 2.22. The quantitative estimate of drug-likeness (QED) is 0.329. The topological polar surface area (TPSA) is 132 Å². The van der Waals surface area contributed by atoms with Crippen LogP contribution in [0, 0.1) is 11.6 Å². The van der Waals surface area contributed by atoms with Crippen molar-refractivity contribution in [2.75, 3.05) is 48.8 Å². The van der Waals surface area contributed by atoms with Gasteiger partial charge in [0.05, 0.1) is 11.4 Å². The molecule has 1 fully saturated rings. The van der Waals surface area contributed by atoms with E-state index in [-0.39, 0.29) is 45.7 Å². The number of aromatic amines is 1. The van der Waals surface area contributed by atoms with Crippen molar-refractivity contribution in [1.29, 1.82) is 0 Å². The van der Waals surface area contributed by atoms with Crippen molar-refractivity contribution in [3.63, 3.8) is 0 Å². The number of piperazine rings is 1. The predicted octanol–water partition coefficient (Wildman–Crippen LogP) is 2.67. The smallest absolute Gasteiger partial charge is 0.262 e. The van der Waals surface area contributed by atoms with Gasteiger partial charge in [-0.1, -0.05) is 12.6 Å². The van der Waals surface area contributed by atoms with Gasteiger partial charge in [-0.2, -0.15) is 4.98 Å². The molecule has 0 unspecified atom stereocenters. The van der Waals surface area contributed by atoms with Gasteiger partial charge in [0, 0.05) is 32.4 Å². The molecule has 0 aliphatic carbocycles. The normalized spacial score (nSPS) is 13.9. The first-order chi connectivity index (χ1) is 18.3. The third kappa shape index (κ3) is 5.04. The molecular formula is C25H23F2N9O2. The number of likely N-dealkylation sites (N-methyl/N-ethyl adjacent to an activating group) is 1. The average molecular weight is 520 g/mol. The Hall–Kier alpha value is -4.78. The second-order valence-electron chi connectivity index (χ2n) is 8.62. The number of nitrogens with one attached hydrogen (secondary N) is 3. The Morgan fingerprint density at radius 2 is 1.87 bits per heavy atom. The summed E-state index contributed by atoms with van der Waals surface area (Å²) in [7, 11) is 1.98. The number of carbonyl (C=O) groups is 1. The second-order valence-corrected chi connectivity index (χ2v) is 8.62. The van der Waals surface area contributed by atoms with E-state index in [0.717, 1.165) is 19.2 Å². The summed E-state index contributed by atoms with van der Waals surface area (Å²) in [5.41, 5.74) is -0.202. The number of hydrogen-bond donors (Lipinski definition) is 3. The van der Waals surface area contributed by atoms with E-state index in [9.17, 15) is 18.4 Å². The van der Waals surface area contributed by atoms with E-state index in [4.69, 9.17) is 0 Å². The molecular weight excluding hydrogens is 496 g/mol. The van der Waals surface area contributed by atoms with Crippen molar-refractivity contribution in [3.8, 4) is 11.5 Å². The fraction of sp³-hybridized carbons (Fsp3) is 0.200. The number of hydrogen-bond acceptors (Lipinski definition) is 9. The number of rotatable bonds is 6. The third-order valence-electron chi connectivity index (χ3n) is 6.04. The van der Waals surface area contributed by atoms with E-state index in [1.165, 1.54) is 18.3 Å². The minimum absolute atomic E-state index is 0.0125. The number of fused-ring (bicyclic) bond motifs is 1. The van der Waals surface area contributed by atoms with Gasteiger partial charge in [-0.3, -0.25) is 9.59 Å². The highest BCUT2D eigenvalue weighted by molar-refractivity contribution is 5.98. The Morgan fingerprint density at radius 3 is 2.63 bits per heavy atom. The minimum atomic E-state index is -1.06. The number of aromatic nitrogens is 5. The van der Waals surface area contributed by atoms with Gasteiger partial charge in [0.2, 0.25) is 11.9 Å². The van der Waals surface area contributed by atoms with Crippen molar-refractivity contribution in [2.24, 2.45) is 0 Å². The van der Waals surface area contributed by atoms with Crippen molar-refractivity contribution >= 4 is 40.1 Å². The van der Waals surface area contributed by atoms with Crippen LogP contribution in [0.25, 0.3) is 22.6 Å². The maximum Gasteiger partial charge on any atom is 0.262 e. The SMILES string of the molecule is C=CC(=O)Nc1cccc(-c2nc3nc(Nc4ccc(N5CCN(C)CC5)c(F)c4F)ncc3c(=O)[nH]2)n1. The summed E-state index contributed by atoms with van der Waals surface area (Å²) in [6.45, 7) is 6.08. The summed E-state index contributed by atoms with van der Waals surface area (Å²) < 4.78 is 29.9. The largest absolute Gasteiger partial charge is 0.367 e. The lowest BCUT2D eigenvalue weighted by atomic mass is 10.2. The van der Waals surface area contributed by atoms with Crippen LogP contribution in [0.15, 0.2) is 54.0 Å². The molecule has 0 saturated carbocycles. The summed E-state index contributed by atoms with van der Waals surface area (Å²) in [5, 5.41) is 5.29. The maximum atomic E-state index is 15.0. The molecule has 5 rings (SSSR count). The van der Waals surface area contributed by atoms with Crippen LogP contribution in [0.1, 0.15) is 0 Å². The molecule has 4 heterocycles. The van der Waals surface area contributed by atoms with E-state index in [1.54, 1.807) is 23.1 Å². The Balaban J connectivity index is 1.43. The zero-order chi connectivity index (χ0) is 26.8. The van der Waals surface area contributed by atoms with Crippen molar-refractivity contribution in [1.82, 2.24) is 29.8 Å². The minimum Gasteiger partial charge on any atom is -0.367 e. The zero-order valence-electron chi connectivity index (χ0n) is 20.3. The van der Waals surface area contributed by atoms with E-state index in [2.05, 4.69) is 47.0 Å². The summed E-state index contributed by atoms with van der Waals surface area (Å²) in [6, 6.07) is 7.72. The van der Waals surface area contributed by atoms with Crippen molar-refractivity contribution < 1.29 is 13.6 Å². The molecule has 1 amide bonds. The van der Waals surface area contributed by atoms with E-state index in [1.807, 2.05) is 7.05 Å². The van der Waals surface area contributed by atoms with Crippen molar-refractivity contribution in [2.45, 2.75) is 0 Å².